The van der Waals surface area contributed by atoms with Gasteiger partial charge in [-0.05, 0) is 38.5 Å². The Labute approximate surface area is 102 Å². The summed E-state index contributed by atoms with van der Waals surface area (Å²) in [6.07, 6.45) is 5.97. The number of rotatable bonds is 6. The molecule has 0 spiro atoms. The molecule has 96 valence electrons. The van der Waals surface area contributed by atoms with Crippen molar-refractivity contribution in [2.75, 3.05) is 6.54 Å². The second-order valence-corrected chi connectivity index (χ2v) is 5.21. The Kier molecular flexibility index (Phi) is 3.66. The molecule has 0 heterocycles. The van der Waals surface area contributed by atoms with E-state index in [4.69, 9.17) is 5.73 Å². The normalized spacial score (nSPS) is 21.5. The van der Waals surface area contributed by atoms with Crippen molar-refractivity contribution in [1.82, 2.24) is 10.6 Å². The molecule has 4 N–H and O–H groups in total. The van der Waals surface area contributed by atoms with Gasteiger partial charge in [-0.3, -0.25) is 9.59 Å². The zero-order chi connectivity index (χ0) is 12.3. The molecule has 2 rings (SSSR count). The molecule has 2 fully saturated rings. The van der Waals surface area contributed by atoms with Gasteiger partial charge in [-0.15, -0.1) is 0 Å². The fraction of sp³-hybridized carbons (Fsp3) is 0.833. The Hall–Kier alpha value is -1.10. The van der Waals surface area contributed by atoms with Crippen molar-refractivity contribution < 1.29 is 9.59 Å². The minimum absolute atomic E-state index is 0.0636. The van der Waals surface area contributed by atoms with Gasteiger partial charge in [0.15, 0.2) is 0 Å². The van der Waals surface area contributed by atoms with Gasteiger partial charge in [0.25, 0.3) is 0 Å². The molecule has 0 aromatic rings. The molecular formula is C12H21N3O2. The lowest BCUT2D eigenvalue weighted by atomic mass is 9.77. The van der Waals surface area contributed by atoms with Crippen molar-refractivity contribution in [3.8, 4) is 0 Å². The number of hydrogen-bond acceptors (Lipinski definition) is 3. The molecule has 0 unspecified atom stereocenters. The summed E-state index contributed by atoms with van der Waals surface area (Å²) in [6.45, 7) is 0.538. The van der Waals surface area contributed by atoms with Crippen LogP contribution in [0.2, 0.25) is 0 Å². The first kappa shape index (κ1) is 12.4. The predicted octanol–water partition coefficient (Wildman–Crippen LogP) is 0.0428. The molecule has 5 heteroatoms. The monoisotopic (exact) mass is 239 g/mol. The first-order valence-corrected chi connectivity index (χ1v) is 6.47. The number of hydrogen-bond donors (Lipinski definition) is 3. The van der Waals surface area contributed by atoms with E-state index in [9.17, 15) is 9.59 Å². The SMILES string of the molecule is NC1(C(=O)NCCCC(=O)NC2CC2)CCC1. The summed E-state index contributed by atoms with van der Waals surface area (Å²) >= 11 is 0. The molecule has 0 bridgehead atoms. The van der Waals surface area contributed by atoms with Gasteiger partial charge < -0.3 is 16.4 Å². The number of amides is 2. The lowest BCUT2D eigenvalue weighted by Crippen LogP contribution is -2.58. The topological polar surface area (TPSA) is 84.2 Å². The van der Waals surface area contributed by atoms with Crippen LogP contribution in [0.4, 0.5) is 0 Å². The van der Waals surface area contributed by atoms with E-state index in [0.29, 0.717) is 25.4 Å². The quantitative estimate of drug-likeness (QED) is 0.572. The van der Waals surface area contributed by atoms with Crippen molar-refractivity contribution in [2.45, 2.75) is 56.5 Å². The van der Waals surface area contributed by atoms with Gasteiger partial charge in [0, 0.05) is 19.0 Å². The first-order chi connectivity index (χ1) is 8.10. The summed E-state index contributed by atoms with van der Waals surface area (Å²) in [4.78, 5) is 23.0. The van der Waals surface area contributed by atoms with Crippen LogP contribution in [0.5, 0.6) is 0 Å². The Morgan fingerprint density at radius 3 is 2.53 bits per heavy atom. The molecule has 0 atom stereocenters. The van der Waals surface area contributed by atoms with Crippen LogP contribution >= 0.6 is 0 Å². The van der Waals surface area contributed by atoms with Crippen molar-refractivity contribution in [2.24, 2.45) is 5.73 Å². The number of nitrogens with one attached hydrogen (secondary N) is 2. The molecule has 2 aliphatic carbocycles. The molecule has 0 aromatic carbocycles. The third kappa shape index (κ3) is 3.43. The van der Waals surface area contributed by atoms with Gasteiger partial charge in [0.2, 0.25) is 11.8 Å². The maximum Gasteiger partial charge on any atom is 0.240 e. The Morgan fingerprint density at radius 2 is 2.00 bits per heavy atom. The molecule has 5 nitrogen and oxygen atoms in total. The number of nitrogens with two attached hydrogens (primary N) is 1. The fourth-order valence-corrected chi connectivity index (χ4v) is 1.94. The van der Waals surface area contributed by atoms with E-state index in [2.05, 4.69) is 10.6 Å². The Balaban J connectivity index is 1.53. The van der Waals surface area contributed by atoms with Gasteiger partial charge in [0.1, 0.15) is 0 Å². The largest absolute Gasteiger partial charge is 0.354 e. The standard InChI is InChI=1S/C12H21N3O2/c13-12(6-2-7-12)11(17)14-8-1-3-10(16)15-9-4-5-9/h9H,1-8,13H2,(H,14,17)(H,15,16). The van der Waals surface area contributed by atoms with Crippen LogP contribution in [0.1, 0.15) is 44.9 Å². The highest BCUT2D eigenvalue weighted by molar-refractivity contribution is 5.87. The van der Waals surface area contributed by atoms with Crippen molar-refractivity contribution >= 4 is 11.8 Å². The number of carbonyl (C=O) groups is 2. The smallest absolute Gasteiger partial charge is 0.240 e. The van der Waals surface area contributed by atoms with Crippen LogP contribution in [0.15, 0.2) is 0 Å². The summed E-state index contributed by atoms with van der Waals surface area (Å²) in [7, 11) is 0. The van der Waals surface area contributed by atoms with Crippen LogP contribution in [0.25, 0.3) is 0 Å². The van der Waals surface area contributed by atoms with Crippen LogP contribution in [0, 0.1) is 0 Å². The van der Waals surface area contributed by atoms with E-state index in [0.717, 1.165) is 32.1 Å². The van der Waals surface area contributed by atoms with Crippen molar-refractivity contribution in [3.05, 3.63) is 0 Å². The summed E-state index contributed by atoms with van der Waals surface area (Å²) in [5.74, 6) is 0.0270. The third-order valence-electron chi connectivity index (χ3n) is 3.51. The second kappa shape index (κ2) is 5.04. The summed E-state index contributed by atoms with van der Waals surface area (Å²) in [5, 5.41) is 5.72. The average Bonchev–Trinajstić information content (AvgIpc) is 3.04. The van der Waals surface area contributed by atoms with Crippen LogP contribution in [-0.4, -0.2) is 29.9 Å². The minimum Gasteiger partial charge on any atom is -0.354 e. The zero-order valence-corrected chi connectivity index (χ0v) is 10.1. The Bertz CT molecular complexity index is 309. The lowest BCUT2D eigenvalue weighted by Gasteiger charge is -2.36. The molecule has 0 saturated heterocycles. The van der Waals surface area contributed by atoms with Crippen molar-refractivity contribution in [1.29, 1.82) is 0 Å². The number of carbonyl (C=O) groups excluding carboxylic acids is 2. The van der Waals surface area contributed by atoms with E-state index in [1.807, 2.05) is 0 Å². The van der Waals surface area contributed by atoms with Crippen LogP contribution in [-0.2, 0) is 9.59 Å². The lowest BCUT2D eigenvalue weighted by molar-refractivity contribution is -0.129. The van der Waals surface area contributed by atoms with Crippen molar-refractivity contribution in [3.63, 3.8) is 0 Å². The summed E-state index contributed by atoms with van der Waals surface area (Å²) in [5.41, 5.74) is 5.24. The zero-order valence-electron chi connectivity index (χ0n) is 10.1. The first-order valence-electron chi connectivity index (χ1n) is 6.47. The maximum absolute atomic E-state index is 11.6. The van der Waals surface area contributed by atoms with Gasteiger partial charge in [-0.2, -0.15) is 0 Å². The van der Waals surface area contributed by atoms with Gasteiger partial charge in [0.05, 0.1) is 5.54 Å². The van der Waals surface area contributed by atoms with E-state index in [1.165, 1.54) is 0 Å². The summed E-state index contributed by atoms with van der Waals surface area (Å²) < 4.78 is 0. The van der Waals surface area contributed by atoms with E-state index in [1.54, 1.807) is 0 Å². The van der Waals surface area contributed by atoms with Gasteiger partial charge in [-0.1, -0.05) is 0 Å². The molecule has 2 aliphatic rings. The van der Waals surface area contributed by atoms with Crippen LogP contribution < -0.4 is 16.4 Å². The second-order valence-electron chi connectivity index (χ2n) is 5.21. The minimum atomic E-state index is -0.629. The van der Waals surface area contributed by atoms with Gasteiger partial charge in [-0.25, -0.2) is 0 Å². The highest BCUT2D eigenvalue weighted by Gasteiger charge is 2.39. The molecule has 0 aliphatic heterocycles. The predicted molar refractivity (Wildman–Crippen MR) is 64.2 cm³/mol. The molecule has 2 saturated carbocycles. The molecule has 17 heavy (non-hydrogen) atoms. The molecule has 2 amide bonds. The molecule has 0 aromatic heterocycles. The maximum atomic E-state index is 11.6. The highest BCUT2D eigenvalue weighted by atomic mass is 16.2. The molecular weight excluding hydrogens is 218 g/mol. The average molecular weight is 239 g/mol. The third-order valence-corrected chi connectivity index (χ3v) is 3.51. The van der Waals surface area contributed by atoms with Crippen LogP contribution in [0.3, 0.4) is 0 Å². The van der Waals surface area contributed by atoms with Gasteiger partial charge >= 0.3 is 0 Å². The molecule has 0 radical (unpaired) electrons. The van der Waals surface area contributed by atoms with E-state index in [-0.39, 0.29) is 11.8 Å². The summed E-state index contributed by atoms with van der Waals surface area (Å²) in [6, 6.07) is 0.416. The van der Waals surface area contributed by atoms with E-state index >= 15 is 0 Å². The fourth-order valence-electron chi connectivity index (χ4n) is 1.94. The highest BCUT2D eigenvalue weighted by Crippen LogP contribution is 2.28. The Morgan fingerprint density at radius 1 is 1.29 bits per heavy atom. The van der Waals surface area contributed by atoms with E-state index < -0.39 is 5.54 Å².